The van der Waals surface area contributed by atoms with Crippen LogP contribution in [0.4, 0.5) is 0 Å². The normalized spacial score (nSPS) is 19.8. The number of benzene rings is 2. The van der Waals surface area contributed by atoms with Crippen LogP contribution in [0.2, 0.25) is 0 Å². The average molecular weight is 423 g/mol. The molecule has 0 bridgehead atoms. The van der Waals surface area contributed by atoms with E-state index in [9.17, 15) is 4.79 Å². The summed E-state index contributed by atoms with van der Waals surface area (Å²) >= 11 is 0. The summed E-state index contributed by atoms with van der Waals surface area (Å²) in [5.74, 6) is 1.82. The molecule has 0 aromatic heterocycles. The number of amides is 1. The lowest BCUT2D eigenvalue weighted by atomic mass is 9.91. The zero-order chi connectivity index (χ0) is 22.0. The second-order valence-corrected chi connectivity index (χ2v) is 8.90. The fourth-order valence-electron chi connectivity index (χ4n) is 4.65. The van der Waals surface area contributed by atoms with Crippen molar-refractivity contribution < 1.29 is 14.3 Å². The molecule has 1 unspecified atom stereocenters. The number of methoxy groups -OCH3 is 1. The molecule has 1 amide bonds. The largest absolute Gasteiger partial charge is 0.493 e. The van der Waals surface area contributed by atoms with Crippen molar-refractivity contribution >= 4 is 5.91 Å². The van der Waals surface area contributed by atoms with Crippen molar-refractivity contribution in [2.75, 3.05) is 13.7 Å². The van der Waals surface area contributed by atoms with Crippen LogP contribution in [0, 0.1) is 0 Å². The van der Waals surface area contributed by atoms with Crippen molar-refractivity contribution in [3.8, 4) is 11.5 Å². The van der Waals surface area contributed by atoms with Crippen molar-refractivity contribution in [1.29, 1.82) is 0 Å². The summed E-state index contributed by atoms with van der Waals surface area (Å²) in [4.78, 5) is 13.8. The van der Waals surface area contributed by atoms with Crippen LogP contribution in [0.3, 0.4) is 0 Å². The van der Waals surface area contributed by atoms with E-state index in [1.165, 1.54) is 23.1 Å². The number of hydrogen-bond donors (Lipinski definition) is 1. The maximum atomic E-state index is 11.3. The van der Waals surface area contributed by atoms with Gasteiger partial charge in [-0.15, -0.1) is 0 Å². The van der Waals surface area contributed by atoms with Gasteiger partial charge in [-0.25, -0.2) is 0 Å². The van der Waals surface area contributed by atoms with Gasteiger partial charge in [0.1, 0.15) is 0 Å². The molecule has 1 saturated carbocycles. The number of carbonyl (C=O) groups excluding carboxylic acids is 1. The van der Waals surface area contributed by atoms with Crippen LogP contribution < -0.4 is 14.8 Å². The van der Waals surface area contributed by atoms with E-state index in [2.05, 4.69) is 53.5 Å². The summed E-state index contributed by atoms with van der Waals surface area (Å²) in [6, 6.07) is 13.2. The minimum atomic E-state index is -0.00550. The molecule has 5 nitrogen and oxygen atoms in total. The summed E-state index contributed by atoms with van der Waals surface area (Å²) in [6.07, 6.45) is 4.86. The third-order valence-corrected chi connectivity index (χ3v) is 6.74. The smallest absolute Gasteiger partial charge is 0.217 e. The highest BCUT2D eigenvalue weighted by molar-refractivity contribution is 5.73. The summed E-state index contributed by atoms with van der Waals surface area (Å²) in [5, 5.41) is 2.94. The van der Waals surface area contributed by atoms with E-state index in [0.717, 1.165) is 49.4 Å². The van der Waals surface area contributed by atoms with Gasteiger partial charge in [0, 0.05) is 31.6 Å². The first kappa shape index (κ1) is 21.7. The predicted octanol–water partition coefficient (Wildman–Crippen LogP) is 4.94. The number of nitrogens with one attached hydrogen (secondary N) is 1. The van der Waals surface area contributed by atoms with Gasteiger partial charge in [0.05, 0.1) is 19.3 Å². The minimum Gasteiger partial charge on any atom is -0.493 e. The van der Waals surface area contributed by atoms with Crippen LogP contribution in [-0.2, 0) is 17.8 Å². The molecule has 1 N–H and O–H groups in total. The summed E-state index contributed by atoms with van der Waals surface area (Å²) < 4.78 is 12.0. The number of hydrogen-bond acceptors (Lipinski definition) is 4. The first-order valence-corrected chi connectivity index (χ1v) is 11.4. The molecule has 2 aromatic carbocycles. The van der Waals surface area contributed by atoms with E-state index in [4.69, 9.17) is 9.47 Å². The Kier molecular flexibility index (Phi) is 6.51. The van der Waals surface area contributed by atoms with Gasteiger partial charge < -0.3 is 14.8 Å². The lowest BCUT2D eigenvalue weighted by molar-refractivity contribution is -0.119. The van der Waals surface area contributed by atoms with Gasteiger partial charge in [-0.2, -0.15) is 0 Å². The molecule has 0 saturated heterocycles. The summed E-state index contributed by atoms with van der Waals surface area (Å²) in [6.45, 7) is 7.73. The Hall–Kier alpha value is -2.53. The van der Waals surface area contributed by atoms with Crippen LogP contribution in [0.1, 0.15) is 74.4 Å². The number of carbonyl (C=O) groups is 1. The molecule has 1 aliphatic carbocycles. The number of rotatable bonds is 7. The SMILES string of the molecule is COc1c(OC2CCC2)ccc2c1CCN(Cc1ccc([C@H](C)NC(C)=O)cc1)C2C. The molecule has 31 heavy (non-hydrogen) atoms. The van der Waals surface area contributed by atoms with E-state index in [1.54, 1.807) is 14.0 Å². The van der Waals surface area contributed by atoms with Crippen LogP contribution in [0.25, 0.3) is 0 Å². The predicted molar refractivity (Wildman–Crippen MR) is 122 cm³/mol. The van der Waals surface area contributed by atoms with Crippen LogP contribution in [0.5, 0.6) is 11.5 Å². The van der Waals surface area contributed by atoms with Crippen molar-refractivity contribution in [2.24, 2.45) is 0 Å². The molecule has 2 aliphatic rings. The van der Waals surface area contributed by atoms with E-state index in [0.29, 0.717) is 12.1 Å². The van der Waals surface area contributed by atoms with Gasteiger partial charge in [0.2, 0.25) is 5.91 Å². The third-order valence-electron chi connectivity index (χ3n) is 6.74. The Labute approximate surface area is 185 Å². The Balaban J connectivity index is 1.46. The highest BCUT2D eigenvalue weighted by Gasteiger charge is 2.29. The summed E-state index contributed by atoms with van der Waals surface area (Å²) in [7, 11) is 1.75. The topological polar surface area (TPSA) is 50.8 Å². The Bertz CT molecular complexity index is 921. The lowest BCUT2D eigenvalue weighted by Crippen LogP contribution is -2.34. The molecule has 5 heteroatoms. The van der Waals surface area contributed by atoms with E-state index >= 15 is 0 Å². The quantitative estimate of drug-likeness (QED) is 0.686. The molecule has 1 fully saturated rings. The Morgan fingerprint density at radius 2 is 1.94 bits per heavy atom. The molecular formula is C26H34N2O3. The van der Waals surface area contributed by atoms with Gasteiger partial charge in [-0.3, -0.25) is 9.69 Å². The average Bonchev–Trinajstić information content (AvgIpc) is 2.72. The second-order valence-electron chi connectivity index (χ2n) is 8.90. The molecule has 0 spiro atoms. The lowest BCUT2D eigenvalue weighted by Gasteiger charge is -2.37. The van der Waals surface area contributed by atoms with Crippen LogP contribution >= 0.6 is 0 Å². The molecule has 4 rings (SSSR count). The fourth-order valence-corrected chi connectivity index (χ4v) is 4.65. The van der Waals surface area contributed by atoms with Gasteiger partial charge in [0.15, 0.2) is 11.5 Å². The zero-order valence-electron chi connectivity index (χ0n) is 19.1. The van der Waals surface area contributed by atoms with Crippen molar-refractivity contribution in [3.63, 3.8) is 0 Å². The van der Waals surface area contributed by atoms with Crippen LogP contribution in [0.15, 0.2) is 36.4 Å². The first-order chi connectivity index (χ1) is 15.0. The summed E-state index contributed by atoms with van der Waals surface area (Å²) in [5.41, 5.74) is 5.04. The highest BCUT2D eigenvalue weighted by Crippen LogP contribution is 2.42. The van der Waals surface area contributed by atoms with E-state index in [1.807, 2.05) is 6.92 Å². The standard InChI is InChI=1S/C26H34N2O3/c1-17(27-19(3)29)21-10-8-20(9-11-21)16-28-15-14-24-23(18(28)2)12-13-25(26(24)30-4)31-22-6-5-7-22/h8-13,17-18,22H,5-7,14-16H2,1-4H3,(H,27,29)/t17-,18?/m0/s1. The molecule has 2 atom stereocenters. The second kappa shape index (κ2) is 9.31. The fraction of sp³-hybridized carbons (Fsp3) is 0.500. The van der Waals surface area contributed by atoms with Gasteiger partial charge >= 0.3 is 0 Å². The molecule has 0 radical (unpaired) electrons. The Morgan fingerprint density at radius 3 is 2.55 bits per heavy atom. The van der Waals surface area contributed by atoms with Crippen molar-refractivity contribution in [3.05, 3.63) is 58.7 Å². The van der Waals surface area contributed by atoms with Crippen LogP contribution in [-0.4, -0.2) is 30.6 Å². The first-order valence-electron chi connectivity index (χ1n) is 11.4. The van der Waals surface area contributed by atoms with Crippen molar-refractivity contribution in [2.45, 2.75) is 71.2 Å². The van der Waals surface area contributed by atoms with Gasteiger partial charge in [0.25, 0.3) is 0 Å². The number of fused-ring (bicyclic) bond motifs is 1. The molecule has 166 valence electrons. The third kappa shape index (κ3) is 4.72. The minimum absolute atomic E-state index is 0.00550. The zero-order valence-corrected chi connectivity index (χ0v) is 19.1. The Morgan fingerprint density at radius 1 is 1.19 bits per heavy atom. The van der Waals surface area contributed by atoms with Gasteiger partial charge in [-0.1, -0.05) is 30.3 Å². The monoisotopic (exact) mass is 422 g/mol. The molecule has 1 aliphatic heterocycles. The highest BCUT2D eigenvalue weighted by atomic mass is 16.5. The molecular weight excluding hydrogens is 388 g/mol. The van der Waals surface area contributed by atoms with Gasteiger partial charge in [-0.05, 0) is 62.3 Å². The van der Waals surface area contributed by atoms with Crippen molar-refractivity contribution in [1.82, 2.24) is 10.2 Å². The van der Waals surface area contributed by atoms with E-state index in [-0.39, 0.29) is 11.9 Å². The maximum absolute atomic E-state index is 11.3. The van der Waals surface area contributed by atoms with E-state index < -0.39 is 0 Å². The number of nitrogens with zero attached hydrogens (tertiary/aromatic N) is 1. The number of ether oxygens (including phenoxy) is 2. The molecule has 2 aromatic rings. The molecule has 1 heterocycles. The maximum Gasteiger partial charge on any atom is 0.217 e.